The standard InChI is InChI=1S/C25H20F2N4O5S/c1-35-13-8-6-12(7-9-13)30-23(33)21-19(20-15(26)4-3-5-16(20)27)14(11-28)22(29)31-24(34)17(37-25(21)31)10-18(32)36-2/h3-9,17,19H,10,29H2,1-2H3,(H,30,33)/t17-,19-/m1/s1. The summed E-state index contributed by atoms with van der Waals surface area (Å²) in [6.07, 6.45) is -0.346. The summed E-state index contributed by atoms with van der Waals surface area (Å²) in [5, 5.41) is 11.5. The fraction of sp³-hybridized carbons (Fsp3) is 0.200. The van der Waals surface area contributed by atoms with Gasteiger partial charge in [0.25, 0.3) is 5.91 Å². The molecule has 190 valence electrons. The van der Waals surface area contributed by atoms with Crippen LogP contribution in [0.4, 0.5) is 14.5 Å². The minimum absolute atomic E-state index is 0.0333. The van der Waals surface area contributed by atoms with Crippen molar-refractivity contribution in [2.45, 2.75) is 17.6 Å². The fourth-order valence-electron chi connectivity index (χ4n) is 4.09. The molecule has 2 atom stereocenters. The zero-order chi connectivity index (χ0) is 26.9. The van der Waals surface area contributed by atoms with Crippen molar-refractivity contribution in [2.24, 2.45) is 5.73 Å². The van der Waals surface area contributed by atoms with E-state index in [1.54, 1.807) is 24.3 Å². The predicted molar refractivity (Wildman–Crippen MR) is 129 cm³/mol. The first kappa shape index (κ1) is 25.7. The number of methoxy groups -OCH3 is 2. The van der Waals surface area contributed by atoms with Crippen molar-refractivity contribution in [3.8, 4) is 11.8 Å². The first-order chi connectivity index (χ1) is 17.7. The molecule has 1 saturated heterocycles. The minimum Gasteiger partial charge on any atom is -0.497 e. The number of amides is 2. The van der Waals surface area contributed by atoms with Gasteiger partial charge >= 0.3 is 5.97 Å². The van der Waals surface area contributed by atoms with Gasteiger partial charge in [0.1, 0.15) is 28.5 Å². The van der Waals surface area contributed by atoms with Crippen LogP contribution in [0.3, 0.4) is 0 Å². The summed E-state index contributed by atoms with van der Waals surface area (Å²) < 4.78 is 39.8. The number of ether oxygens (including phenoxy) is 2. The normalized spacial score (nSPS) is 18.9. The average molecular weight is 527 g/mol. The molecule has 2 aromatic carbocycles. The molecule has 0 aromatic heterocycles. The Morgan fingerprint density at radius 1 is 1.16 bits per heavy atom. The van der Waals surface area contributed by atoms with Gasteiger partial charge in [0.15, 0.2) is 0 Å². The third kappa shape index (κ3) is 4.61. The summed E-state index contributed by atoms with van der Waals surface area (Å²) in [4.78, 5) is 39.7. The number of anilines is 1. The van der Waals surface area contributed by atoms with E-state index in [1.165, 1.54) is 7.11 Å². The number of thioether (sulfide) groups is 1. The van der Waals surface area contributed by atoms with Crippen LogP contribution in [0.1, 0.15) is 17.9 Å². The lowest BCUT2D eigenvalue weighted by Crippen LogP contribution is -2.39. The molecule has 0 unspecified atom stereocenters. The fourth-order valence-corrected chi connectivity index (χ4v) is 5.42. The molecule has 0 bridgehead atoms. The number of hydrogen-bond acceptors (Lipinski definition) is 8. The number of nitrogens with two attached hydrogens (primary N) is 1. The minimum atomic E-state index is -1.56. The van der Waals surface area contributed by atoms with Crippen LogP contribution in [0, 0.1) is 23.0 Å². The monoisotopic (exact) mass is 526 g/mol. The van der Waals surface area contributed by atoms with Crippen molar-refractivity contribution in [1.82, 2.24) is 4.90 Å². The van der Waals surface area contributed by atoms with E-state index in [0.29, 0.717) is 11.4 Å². The van der Waals surface area contributed by atoms with Gasteiger partial charge in [-0.2, -0.15) is 5.26 Å². The van der Waals surface area contributed by atoms with Crippen molar-refractivity contribution >= 4 is 35.2 Å². The molecule has 0 saturated carbocycles. The number of allylic oxidation sites excluding steroid dienone is 1. The van der Waals surface area contributed by atoms with Crippen LogP contribution in [0.5, 0.6) is 5.75 Å². The molecule has 1 fully saturated rings. The topological polar surface area (TPSA) is 135 Å². The number of benzene rings is 2. The highest BCUT2D eigenvalue weighted by Gasteiger charge is 2.49. The van der Waals surface area contributed by atoms with Crippen molar-refractivity contribution in [3.05, 3.63) is 81.7 Å². The number of nitrogens with zero attached hydrogens (tertiary/aromatic N) is 2. The van der Waals surface area contributed by atoms with E-state index in [1.807, 2.05) is 6.07 Å². The summed E-state index contributed by atoms with van der Waals surface area (Å²) >= 11 is 0.832. The first-order valence-corrected chi connectivity index (χ1v) is 11.7. The Kier molecular flexibility index (Phi) is 7.17. The molecule has 0 aliphatic carbocycles. The van der Waals surface area contributed by atoms with Gasteiger partial charge in [-0.15, -0.1) is 0 Å². The van der Waals surface area contributed by atoms with Gasteiger partial charge < -0.3 is 20.5 Å². The number of hydrogen-bond donors (Lipinski definition) is 2. The zero-order valence-corrected chi connectivity index (χ0v) is 20.4. The second kappa shape index (κ2) is 10.3. The molecule has 4 rings (SSSR count). The lowest BCUT2D eigenvalue weighted by molar-refractivity contribution is -0.142. The van der Waals surface area contributed by atoms with Gasteiger partial charge in [-0.3, -0.25) is 19.3 Å². The number of fused-ring (bicyclic) bond motifs is 1. The van der Waals surface area contributed by atoms with Gasteiger partial charge in [-0.05, 0) is 36.4 Å². The second-order valence-electron chi connectivity index (χ2n) is 7.94. The van der Waals surface area contributed by atoms with Crippen LogP contribution in [0.25, 0.3) is 0 Å². The maximum absolute atomic E-state index is 15.0. The van der Waals surface area contributed by atoms with Crippen LogP contribution in [-0.4, -0.2) is 42.2 Å². The summed E-state index contributed by atoms with van der Waals surface area (Å²) in [5.74, 6) is -5.60. The molecule has 2 aliphatic heterocycles. The molecule has 12 heteroatoms. The molecule has 9 nitrogen and oxygen atoms in total. The van der Waals surface area contributed by atoms with Gasteiger partial charge in [-0.25, -0.2) is 8.78 Å². The Morgan fingerprint density at radius 3 is 2.38 bits per heavy atom. The maximum atomic E-state index is 15.0. The number of esters is 1. The number of carbonyl (C=O) groups is 3. The molecule has 0 spiro atoms. The van der Waals surface area contributed by atoms with Crippen molar-refractivity contribution < 1.29 is 32.6 Å². The van der Waals surface area contributed by atoms with Crippen LogP contribution in [0.15, 0.2) is 64.5 Å². The third-order valence-corrected chi connectivity index (χ3v) is 7.14. The van der Waals surface area contributed by atoms with Crippen molar-refractivity contribution in [3.63, 3.8) is 0 Å². The van der Waals surface area contributed by atoms with Gasteiger partial charge in [0.2, 0.25) is 5.91 Å². The van der Waals surface area contributed by atoms with E-state index in [9.17, 15) is 19.6 Å². The van der Waals surface area contributed by atoms with Crippen molar-refractivity contribution in [1.29, 1.82) is 5.26 Å². The summed E-state index contributed by atoms with van der Waals surface area (Å²) in [6.45, 7) is 0. The lowest BCUT2D eigenvalue weighted by Gasteiger charge is -2.32. The number of carbonyl (C=O) groups excluding carboxylic acids is 3. The largest absolute Gasteiger partial charge is 0.497 e. The summed E-state index contributed by atoms with van der Waals surface area (Å²) in [5.41, 5.74) is 5.27. The van der Waals surface area contributed by atoms with E-state index in [4.69, 9.17) is 10.5 Å². The molecule has 2 aliphatic rings. The molecule has 2 heterocycles. The Balaban J connectivity index is 1.90. The van der Waals surface area contributed by atoms with E-state index in [2.05, 4.69) is 10.1 Å². The van der Waals surface area contributed by atoms with Gasteiger partial charge in [0, 0.05) is 11.3 Å². The second-order valence-corrected chi connectivity index (χ2v) is 9.13. The highest BCUT2D eigenvalue weighted by atomic mass is 32.2. The quantitative estimate of drug-likeness (QED) is 0.549. The van der Waals surface area contributed by atoms with Crippen LogP contribution in [-0.2, 0) is 19.1 Å². The zero-order valence-electron chi connectivity index (χ0n) is 19.6. The Morgan fingerprint density at radius 2 is 1.81 bits per heavy atom. The van der Waals surface area contributed by atoms with Crippen LogP contribution < -0.4 is 15.8 Å². The lowest BCUT2D eigenvalue weighted by atomic mass is 9.82. The third-order valence-electron chi connectivity index (χ3n) is 5.86. The molecule has 2 aromatic rings. The van der Waals surface area contributed by atoms with Gasteiger partial charge in [0.05, 0.1) is 48.8 Å². The highest BCUT2D eigenvalue weighted by molar-refractivity contribution is 8.04. The van der Waals surface area contributed by atoms with Crippen LogP contribution >= 0.6 is 11.8 Å². The Labute approximate surface area is 214 Å². The van der Waals surface area contributed by atoms with E-state index < -0.39 is 46.1 Å². The smallest absolute Gasteiger partial charge is 0.307 e. The highest BCUT2D eigenvalue weighted by Crippen LogP contribution is 2.50. The van der Waals surface area contributed by atoms with Crippen molar-refractivity contribution in [2.75, 3.05) is 19.5 Å². The van der Waals surface area contributed by atoms with E-state index >= 15 is 8.78 Å². The molecular weight excluding hydrogens is 506 g/mol. The number of nitriles is 1. The Hall–Kier alpha value is -4.37. The summed E-state index contributed by atoms with van der Waals surface area (Å²) in [7, 11) is 2.63. The number of rotatable bonds is 6. The van der Waals surface area contributed by atoms with Gasteiger partial charge in [-0.1, -0.05) is 17.8 Å². The van der Waals surface area contributed by atoms with Crippen LogP contribution in [0.2, 0.25) is 0 Å². The predicted octanol–water partition coefficient (Wildman–Crippen LogP) is 3.12. The number of halogens is 2. The Bertz CT molecular complexity index is 1380. The molecule has 3 N–H and O–H groups in total. The first-order valence-electron chi connectivity index (χ1n) is 10.8. The molecule has 0 radical (unpaired) electrons. The van der Waals surface area contributed by atoms with E-state index in [-0.39, 0.29) is 28.4 Å². The summed E-state index contributed by atoms with van der Waals surface area (Å²) in [6, 6.07) is 11.2. The SMILES string of the molecule is COC(=O)C[C@H]1SC2=C(C(=O)Nc3ccc(OC)cc3)[C@@H](c3c(F)cccc3F)C(C#N)=C(N)N2C1=O. The number of nitrogens with one attached hydrogen (secondary N) is 1. The van der Waals surface area contributed by atoms with E-state index in [0.717, 1.165) is 42.0 Å². The molecule has 37 heavy (non-hydrogen) atoms. The molecular formula is C25H20F2N4O5S. The molecule has 2 amide bonds. The average Bonchev–Trinajstić information content (AvgIpc) is 3.20. The maximum Gasteiger partial charge on any atom is 0.307 e.